The van der Waals surface area contributed by atoms with Crippen LogP contribution in [0.25, 0.3) is 0 Å². The maximum atomic E-state index is 13.8. The number of nitrogens with zero attached hydrogens (tertiary/aromatic N) is 1. The quantitative estimate of drug-likeness (QED) is 0.829. The number of carbonyl (C=O) groups is 1. The van der Waals surface area contributed by atoms with Crippen molar-refractivity contribution in [1.29, 1.82) is 0 Å². The summed E-state index contributed by atoms with van der Waals surface area (Å²) in [5, 5.41) is 2.80. The summed E-state index contributed by atoms with van der Waals surface area (Å²) in [6.45, 7) is 1.99. The van der Waals surface area contributed by atoms with Crippen LogP contribution in [0.4, 0.5) is 4.39 Å². The number of hydrogen-bond donors (Lipinski definition) is 2. The van der Waals surface area contributed by atoms with Crippen LogP contribution in [0, 0.1) is 5.82 Å². The molecule has 1 aromatic rings. The number of nitrogens with one attached hydrogen (secondary N) is 1. The first-order valence-corrected chi connectivity index (χ1v) is 6.17. The fraction of sp³-hybridized carbons (Fsp3) is 0.462. The van der Waals surface area contributed by atoms with E-state index in [1.807, 2.05) is 4.90 Å². The summed E-state index contributed by atoms with van der Waals surface area (Å²) in [6, 6.07) is 6.36. The van der Waals surface area contributed by atoms with Gasteiger partial charge in [-0.25, -0.2) is 4.39 Å². The van der Waals surface area contributed by atoms with Crippen molar-refractivity contribution in [2.45, 2.75) is 12.5 Å². The molecule has 0 spiro atoms. The molecule has 1 aliphatic heterocycles. The van der Waals surface area contributed by atoms with Gasteiger partial charge in [0.1, 0.15) is 5.82 Å². The molecule has 2 rings (SSSR count). The van der Waals surface area contributed by atoms with Crippen molar-refractivity contribution in [1.82, 2.24) is 10.2 Å². The van der Waals surface area contributed by atoms with Gasteiger partial charge in [0.25, 0.3) is 0 Å². The average molecular weight is 251 g/mol. The summed E-state index contributed by atoms with van der Waals surface area (Å²) >= 11 is 0. The summed E-state index contributed by atoms with van der Waals surface area (Å²) in [7, 11) is 0. The van der Waals surface area contributed by atoms with Gasteiger partial charge in [-0.15, -0.1) is 0 Å². The fourth-order valence-electron chi connectivity index (χ4n) is 2.31. The highest BCUT2D eigenvalue weighted by Gasteiger charge is 2.24. The molecule has 1 aliphatic rings. The molecule has 4 nitrogen and oxygen atoms in total. The lowest BCUT2D eigenvalue weighted by Crippen LogP contribution is -2.39. The Morgan fingerprint density at radius 1 is 1.44 bits per heavy atom. The first-order valence-electron chi connectivity index (χ1n) is 6.17. The summed E-state index contributed by atoms with van der Waals surface area (Å²) < 4.78 is 13.8. The van der Waals surface area contributed by atoms with Crippen LogP contribution in [0.5, 0.6) is 0 Å². The zero-order chi connectivity index (χ0) is 13.0. The molecular formula is C13H18FN3O. The molecule has 1 aromatic carbocycles. The van der Waals surface area contributed by atoms with Crippen LogP contribution in [0.15, 0.2) is 24.3 Å². The van der Waals surface area contributed by atoms with Crippen LogP contribution in [-0.2, 0) is 4.79 Å². The van der Waals surface area contributed by atoms with Gasteiger partial charge in [0.15, 0.2) is 0 Å². The highest BCUT2D eigenvalue weighted by Crippen LogP contribution is 2.22. The Morgan fingerprint density at radius 2 is 2.22 bits per heavy atom. The number of hydrogen-bond acceptors (Lipinski definition) is 3. The number of benzene rings is 1. The Labute approximate surface area is 106 Å². The molecule has 5 heteroatoms. The Hall–Kier alpha value is -1.46. The van der Waals surface area contributed by atoms with E-state index in [4.69, 9.17) is 5.73 Å². The molecule has 1 atom stereocenters. The third-order valence-corrected chi connectivity index (χ3v) is 3.22. The van der Waals surface area contributed by atoms with Gasteiger partial charge < -0.3 is 11.1 Å². The van der Waals surface area contributed by atoms with Crippen molar-refractivity contribution < 1.29 is 9.18 Å². The predicted molar refractivity (Wildman–Crippen MR) is 67.4 cm³/mol. The van der Waals surface area contributed by atoms with Gasteiger partial charge in [0.05, 0.1) is 12.6 Å². The van der Waals surface area contributed by atoms with Crippen molar-refractivity contribution in [3.8, 4) is 0 Å². The Kier molecular flexibility index (Phi) is 4.28. The normalized spacial score (nSPS) is 19.1. The Morgan fingerprint density at radius 3 is 2.94 bits per heavy atom. The molecule has 3 N–H and O–H groups in total. The van der Waals surface area contributed by atoms with Gasteiger partial charge in [-0.3, -0.25) is 9.69 Å². The largest absolute Gasteiger partial charge is 0.355 e. The van der Waals surface area contributed by atoms with Crippen LogP contribution in [0.3, 0.4) is 0 Å². The molecule has 1 heterocycles. The van der Waals surface area contributed by atoms with E-state index in [1.54, 1.807) is 18.2 Å². The van der Waals surface area contributed by atoms with Crippen molar-refractivity contribution in [2.24, 2.45) is 5.73 Å². The molecule has 1 saturated heterocycles. The van der Waals surface area contributed by atoms with E-state index < -0.39 is 0 Å². The van der Waals surface area contributed by atoms with Crippen molar-refractivity contribution >= 4 is 5.91 Å². The molecule has 0 radical (unpaired) electrons. The minimum Gasteiger partial charge on any atom is -0.355 e. The smallest absolute Gasteiger partial charge is 0.234 e. The zero-order valence-corrected chi connectivity index (χ0v) is 10.2. The molecule has 1 amide bonds. The molecule has 0 aliphatic carbocycles. The van der Waals surface area contributed by atoms with Crippen LogP contribution in [-0.4, -0.2) is 37.0 Å². The highest BCUT2D eigenvalue weighted by atomic mass is 19.1. The van der Waals surface area contributed by atoms with Gasteiger partial charge in [-0.05, 0) is 12.5 Å². The predicted octanol–water partition coefficient (Wildman–Crippen LogP) is 0.647. The third-order valence-electron chi connectivity index (χ3n) is 3.22. The molecule has 98 valence electrons. The number of amides is 1. The molecule has 0 aromatic heterocycles. The van der Waals surface area contributed by atoms with Gasteiger partial charge in [0.2, 0.25) is 5.91 Å². The Bertz CT molecular complexity index is 424. The molecule has 1 unspecified atom stereocenters. The van der Waals surface area contributed by atoms with E-state index in [1.165, 1.54) is 6.07 Å². The zero-order valence-electron chi connectivity index (χ0n) is 10.2. The monoisotopic (exact) mass is 251 g/mol. The highest BCUT2D eigenvalue weighted by molar-refractivity contribution is 5.78. The van der Waals surface area contributed by atoms with Crippen LogP contribution in [0.1, 0.15) is 18.0 Å². The van der Waals surface area contributed by atoms with Crippen LogP contribution >= 0.6 is 0 Å². The maximum Gasteiger partial charge on any atom is 0.234 e. The minimum atomic E-state index is -0.266. The van der Waals surface area contributed by atoms with E-state index in [0.29, 0.717) is 18.7 Å². The second kappa shape index (κ2) is 5.93. The molecule has 0 saturated carbocycles. The van der Waals surface area contributed by atoms with E-state index in [9.17, 15) is 9.18 Å². The van der Waals surface area contributed by atoms with Crippen molar-refractivity contribution in [3.05, 3.63) is 35.6 Å². The lowest BCUT2D eigenvalue weighted by molar-refractivity contribution is -0.121. The number of carbonyl (C=O) groups excluding carboxylic acids is 1. The summed E-state index contributed by atoms with van der Waals surface area (Å²) in [5.41, 5.74) is 6.33. The molecular weight excluding hydrogens is 233 g/mol. The molecule has 1 fully saturated rings. The van der Waals surface area contributed by atoms with Gasteiger partial charge >= 0.3 is 0 Å². The average Bonchev–Trinajstić information content (AvgIpc) is 2.57. The standard InChI is InChI=1S/C13H18FN3O/c14-11-5-2-1-4-10(11)12(8-15)17-7-3-6-16-13(18)9-17/h1-2,4-5,12H,3,6-9,15H2,(H,16,18). The van der Waals surface area contributed by atoms with Gasteiger partial charge in [-0.2, -0.15) is 0 Å². The first kappa shape index (κ1) is 13.0. The maximum absolute atomic E-state index is 13.8. The van der Waals surface area contributed by atoms with E-state index in [2.05, 4.69) is 5.32 Å². The Balaban J connectivity index is 2.22. The van der Waals surface area contributed by atoms with Gasteiger partial charge in [-0.1, -0.05) is 18.2 Å². The summed E-state index contributed by atoms with van der Waals surface area (Å²) in [6.07, 6.45) is 0.858. The fourth-order valence-corrected chi connectivity index (χ4v) is 2.31. The molecule has 0 bridgehead atoms. The van der Waals surface area contributed by atoms with Gasteiger partial charge in [0, 0.05) is 25.2 Å². The number of halogens is 1. The minimum absolute atomic E-state index is 0.0257. The number of rotatable bonds is 3. The van der Waals surface area contributed by atoms with E-state index >= 15 is 0 Å². The van der Waals surface area contributed by atoms with E-state index in [0.717, 1.165) is 13.0 Å². The second-order valence-corrected chi connectivity index (χ2v) is 4.45. The first-order chi connectivity index (χ1) is 8.72. The number of nitrogens with two attached hydrogens (primary N) is 1. The third kappa shape index (κ3) is 2.86. The lowest BCUT2D eigenvalue weighted by Gasteiger charge is -2.29. The van der Waals surface area contributed by atoms with Crippen LogP contribution < -0.4 is 11.1 Å². The topological polar surface area (TPSA) is 58.4 Å². The van der Waals surface area contributed by atoms with E-state index in [-0.39, 0.29) is 24.3 Å². The van der Waals surface area contributed by atoms with Crippen molar-refractivity contribution in [2.75, 3.05) is 26.2 Å². The summed E-state index contributed by atoms with van der Waals surface area (Å²) in [5.74, 6) is -0.292. The SMILES string of the molecule is NCC(c1ccccc1F)N1CCCNC(=O)C1. The lowest BCUT2D eigenvalue weighted by atomic mass is 10.0. The summed E-state index contributed by atoms with van der Waals surface area (Å²) in [4.78, 5) is 13.5. The van der Waals surface area contributed by atoms with Crippen LogP contribution in [0.2, 0.25) is 0 Å². The van der Waals surface area contributed by atoms with Crippen molar-refractivity contribution in [3.63, 3.8) is 0 Å². The molecule has 18 heavy (non-hydrogen) atoms. The second-order valence-electron chi connectivity index (χ2n) is 4.45.